The third-order valence-corrected chi connectivity index (χ3v) is 4.09. The Kier molecular flexibility index (Phi) is 6.12. The molecule has 2 N–H and O–H groups in total. The number of carbonyl (C=O) groups excluding carboxylic acids is 1. The third-order valence-electron chi connectivity index (χ3n) is 3.72. The third kappa shape index (κ3) is 5.26. The summed E-state index contributed by atoms with van der Waals surface area (Å²) in [4.78, 5) is 12.0. The highest BCUT2D eigenvalue weighted by Crippen LogP contribution is 2.18. The summed E-state index contributed by atoms with van der Waals surface area (Å²) in [5.74, 6) is 0.465. The largest absolute Gasteiger partial charge is 0.484 e. The number of ether oxygens (including phenoxy) is 1. The van der Waals surface area contributed by atoms with Crippen LogP contribution in [0.3, 0.4) is 0 Å². The molecule has 0 aliphatic heterocycles. The van der Waals surface area contributed by atoms with Crippen LogP contribution in [0.4, 0.5) is 11.4 Å². The van der Waals surface area contributed by atoms with Gasteiger partial charge in [-0.05, 0) is 48.0 Å². The van der Waals surface area contributed by atoms with Crippen LogP contribution < -0.4 is 15.4 Å². The van der Waals surface area contributed by atoms with Gasteiger partial charge in [-0.25, -0.2) is 0 Å². The van der Waals surface area contributed by atoms with Gasteiger partial charge >= 0.3 is 0 Å². The monoisotopic (exact) mass is 366 g/mol. The molecule has 3 aromatic rings. The molecule has 132 valence electrons. The van der Waals surface area contributed by atoms with Crippen LogP contribution in [0, 0.1) is 0 Å². The van der Waals surface area contributed by atoms with Gasteiger partial charge in [-0.1, -0.05) is 48.0 Å². The van der Waals surface area contributed by atoms with Crippen molar-refractivity contribution in [2.45, 2.75) is 6.54 Å². The van der Waals surface area contributed by atoms with E-state index in [1.54, 1.807) is 0 Å². The Morgan fingerprint density at radius 1 is 0.846 bits per heavy atom. The van der Waals surface area contributed by atoms with Crippen molar-refractivity contribution in [3.05, 3.63) is 89.4 Å². The van der Waals surface area contributed by atoms with Gasteiger partial charge in [0.25, 0.3) is 5.91 Å². The summed E-state index contributed by atoms with van der Waals surface area (Å²) in [6, 6.07) is 24.5. The lowest BCUT2D eigenvalue weighted by Gasteiger charge is -2.10. The molecule has 3 rings (SSSR count). The van der Waals surface area contributed by atoms with Crippen molar-refractivity contribution in [3.8, 4) is 5.75 Å². The van der Waals surface area contributed by atoms with Crippen molar-refractivity contribution in [2.24, 2.45) is 0 Å². The molecule has 3 aromatic carbocycles. The van der Waals surface area contributed by atoms with Gasteiger partial charge in [0.05, 0.1) is 0 Å². The molecular weight excluding hydrogens is 348 g/mol. The Hall–Kier alpha value is -2.98. The predicted molar refractivity (Wildman–Crippen MR) is 106 cm³/mol. The molecule has 0 aliphatic carbocycles. The minimum atomic E-state index is -0.203. The minimum Gasteiger partial charge on any atom is -0.484 e. The lowest BCUT2D eigenvalue weighted by Crippen LogP contribution is -2.20. The molecule has 5 heteroatoms. The van der Waals surface area contributed by atoms with Gasteiger partial charge in [0.15, 0.2) is 6.61 Å². The van der Waals surface area contributed by atoms with Gasteiger partial charge in [0.1, 0.15) is 5.75 Å². The number of hydrogen-bond acceptors (Lipinski definition) is 3. The zero-order valence-corrected chi connectivity index (χ0v) is 14.9. The van der Waals surface area contributed by atoms with Gasteiger partial charge < -0.3 is 15.4 Å². The molecule has 0 heterocycles. The fourth-order valence-electron chi connectivity index (χ4n) is 2.37. The Morgan fingerprint density at radius 3 is 2.23 bits per heavy atom. The standard InChI is InChI=1S/C21H19ClN2O2/c22-20-9-5-4-6-16(20)14-23-17-10-12-18(13-11-17)24-21(25)15-26-19-7-2-1-3-8-19/h1-13,23H,14-15H2,(H,24,25). The molecule has 0 saturated carbocycles. The van der Waals surface area contributed by atoms with Crippen molar-refractivity contribution in [2.75, 3.05) is 17.2 Å². The Labute approximate surface area is 157 Å². The summed E-state index contributed by atoms with van der Waals surface area (Å²) in [5.41, 5.74) is 2.70. The molecule has 0 saturated heterocycles. The van der Waals surface area contributed by atoms with Gasteiger partial charge in [0, 0.05) is 22.9 Å². The highest BCUT2D eigenvalue weighted by Gasteiger charge is 2.04. The van der Waals surface area contributed by atoms with Gasteiger partial charge in [0.2, 0.25) is 0 Å². The molecule has 26 heavy (non-hydrogen) atoms. The van der Waals surface area contributed by atoms with E-state index in [1.165, 1.54) is 0 Å². The zero-order chi connectivity index (χ0) is 18.2. The van der Waals surface area contributed by atoms with Crippen LogP contribution in [0.25, 0.3) is 0 Å². The molecule has 0 unspecified atom stereocenters. The van der Waals surface area contributed by atoms with E-state index in [0.717, 1.165) is 22.0 Å². The van der Waals surface area contributed by atoms with E-state index in [4.69, 9.17) is 16.3 Å². The maximum atomic E-state index is 12.0. The Balaban J connectivity index is 1.48. The van der Waals surface area contributed by atoms with Crippen LogP contribution in [0.1, 0.15) is 5.56 Å². The van der Waals surface area contributed by atoms with Gasteiger partial charge in [-0.3, -0.25) is 4.79 Å². The number of nitrogens with one attached hydrogen (secondary N) is 2. The number of halogens is 1. The second-order valence-electron chi connectivity index (χ2n) is 5.67. The van der Waals surface area contributed by atoms with Crippen molar-refractivity contribution in [1.82, 2.24) is 0 Å². The normalized spacial score (nSPS) is 10.2. The summed E-state index contributed by atoms with van der Waals surface area (Å²) in [7, 11) is 0. The number of para-hydroxylation sites is 1. The number of anilines is 2. The number of benzene rings is 3. The van der Waals surface area contributed by atoms with Crippen LogP contribution >= 0.6 is 11.6 Å². The summed E-state index contributed by atoms with van der Waals surface area (Å²) in [6.07, 6.45) is 0. The quantitative estimate of drug-likeness (QED) is 0.620. The summed E-state index contributed by atoms with van der Waals surface area (Å²) in [5, 5.41) is 6.85. The minimum absolute atomic E-state index is 0.0312. The first-order chi connectivity index (χ1) is 12.7. The predicted octanol–water partition coefficient (Wildman–Crippen LogP) is 4.97. The molecule has 0 spiro atoms. The number of hydrogen-bond donors (Lipinski definition) is 2. The molecule has 0 aromatic heterocycles. The number of amides is 1. The lowest BCUT2D eigenvalue weighted by atomic mass is 10.2. The smallest absolute Gasteiger partial charge is 0.262 e. The maximum absolute atomic E-state index is 12.0. The molecule has 0 radical (unpaired) electrons. The fourth-order valence-corrected chi connectivity index (χ4v) is 2.58. The number of carbonyl (C=O) groups is 1. The Bertz CT molecular complexity index is 851. The van der Waals surface area contributed by atoms with Crippen LogP contribution in [-0.4, -0.2) is 12.5 Å². The van der Waals surface area contributed by atoms with E-state index in [2.05, 4.69) is 10.6 Å². The van der Waals surface area contributed by atoms with Crippen molar-refractivity contribution >= 4 is 28.9 Å². The number of rotatable bonds is 7. The van der Waals surface area contributed by atoms with Crippen LogP contribution in [0.15, 0.2) is 78.9 Å². The molecule has 4 nitrogen and oxygen atoms in total. The molecule has 0 bridgehead atoms. The first-order valence-electron chi connectivity index (χ1n) is 8.26. The molecule has 1 amide bonds. The summed E-state index contributed by atoms with van der Waals surface area (Å²) < 4.78 is 5.43. The SMILES string of the molecule is O=C(COc1ccccc1)Nc1ccc(NCc2ccccc2Cl)cc1. The Morgan fingerprint density at radius 2 is 1.50 bits per heavy atom. The highest BCUT2D eigenvalue weighted by molar-refractivity contribution is 6.31. The summed E-state index contributed by atoms with van der Waals surface area (Å²) in [6.45, 7) is 0.604. The average Bonchev–Trinajstić information content (AvgIpc) is 2.68. The van der Waals surface area contributed by atoms with E-state index >= 15 is 0 Å². The zero-order valence-electron chi connectivity index (χ0n) is 14.1. The molecule has 0 fully saturated rings. The second-order valence-corrected chi connectivity index (χ2v) is 6.08. The fraction of sp³-hybridized carbons (Fsp3) is 0.0952. The van der Waals surface area contributed by atoms with Gasteiger partial charge in [-0.2, -0.15) is 0 Å². The molecular formula is C21H19ClN2O2. The van der Waals surface area contributed by atoms with E-state index in [9.17, 15) is 4.79 Å². The second kappa shape index (κ2) is 8.92. The average molecular weight is 367 g/mol. The van der Waals surface area contributed by atoms with Crippen molar-refractivity contribution < 1.29 is 9.53 Å². The highest BCUT2D eigenvalue weighted by atomic mass is 35.5. The van der Waals surface area contributed by atoms with E-state index in [-0.39, 0.29) is 12.5 Å². The van der Waals surface area contributed by atoms with Crippen LogP contribution in [-0.2, 0) is 11.3 Å². The van der Waals surface area contributed by atoms with E-state index in [0.29, 0.717) is 12.3 Å². The van der Waals surface area contributed by atoms with Crippen LogP contribution in [0.5, 0.6) is 5.75 Å². The first-order valence-corrected chi connectivity index (χ1v) is 8.63. The first kappa shape index (κ1) is 17.8. The summed E-state index contributed by atoms with van der Waals surface area (Å²) >= 11 is 6.15. The molecule has 0 atom stereocenters. The topological polar surface area (TPSA) is 50.4 Å². The van der Waals surface area contributed by atoms with E-state index in [1.807, 2.05) is 78.9 Å². The van der Waals surface area contributed by atoms with Crippen molar-refractivity contribution in [3.63, 3.8) is 0 Å². The maximum Gasteiger partial charge on any atom is 0.262 e. The van der Waals surface area contributed by atoms with E-state index < -0.39 is 0 Å². The molecule has 0 aliphatic rings. The van der Waals surface area contributed by atoms with Crippen LogP contribution in [0.2, 0.25) is 5.02 Å². The van der Waals surface area contributed by atoms with Gasteiger partial charge in [-0.15, -0.1) is 0 Å². The van der Waals surface area contributed by atoms with Crippen molar-refractivity contribution in [1.29, 1.82) is 0 Å². The lowest BCUT2D eigenvalue weighted by molar-refractivity contribution is -0.118.